The summed E-state index contributed by atoms with van der Waals surface area (Å²) in [5, 5.41) is 22.3. The SMILES string of the molecule is O=C1C(=O)N(CCCN2CCOCC2)C(c2cccc([N+](=O)[O-])c2)/C1=C(\O)c1ccncc1. The number of aromatic nitrogens is 1. The number of nitro benzene ring substituents is 1. The molecule has 1 unspecified atom stereocenters. The van der Waals surface area contributed by atoms with Gasteiger partial charge in [0.25, 0.3) is 17.4 Å². The highest BCUT2D eigenvalue weighted by Gasteiger charge is 2.46. The van der Waals surface area contributed by atoms with Crippen molar-refractivity contribution in [3.05, 3.63) is 75.6 Å². The van der Waals surface area contributed by atoms with Crippen LogP contribution in [0.15, 0.2) is 54.4 Å². The zero-order valence-corrected chi connectivity index (χ0v) is 17.9. The number of ketones is 1. The Morgan fingerprint density at radius 2 is 1.88 bits per heavy atom. The maximum Gasteiger partial charge on any atom is 0.295 e. The lowest BCUT2D eigenvalue weighted by atomic mass is 9.95. The predicted octanol–water partition coefficient (Wildman–Crippen LogP) is 2.13. The van der Waals surface area contributed by atoms with Gasteiger partial charge >= 0.3 is 0 Å². The number of hydrogen-bond donors (Lipinski definition) is 1. The van der Waals surface area contributed by atoms with Crippen LogP contribution in [0.4, 0.5) is 5.69 Å². The maximum absolute atomic E-state index is 13.0. The number of hydrogen-bond acceptors (Lipinski definition) is 8. The van der Waals surface area contributed by atoms with Crippen molar-refractivity contribution < 1.29 is 24.4 Å². The van der Waals surface area contributed by atoms with Crippen LogP contribution in [-0.2, 0) is 14.3 Å². The summed E-state index contributed by atoms with van der Waals surface area (Å²) in [5.74, 6) is -1.88. The fourth-order valence-electron chi connectivity index (χ4n) is 4.22. The number of non-ortho nitro benzene ring substituents is 1. The molecule has 33 heavy (non-hydrogen) atoms. The van der Waals surface area contributed by atoms with Gasteiger partial charge in [0.15, 0.2) is 0 Å². The second-order valence-corrected chi connectivity index (χ2v) is 7.89. The first-order valence-electron chi connectivity index (χ1n) is 10.7. The Balaban J connectivity index is 1.70. The molecule has 0 radical (unpaired) electrons. The average molecular weight is 452 g/mol. The number of ether oxygens (including phenoxy) is 1. The molecule has 10 nitrogen and oxygen atoms in total. The van der Waals surface area contributed by atoms with Crippen LogP contribution < -0.4 is 0 Å². The van der Waals surface area contributed by atoms with Gasteiger partial charge in [-0.05, 0) is 24.1 Å². The molecule has 0 aliphatic carbocycles. The van der Waals surface area contributed by atoms with Gasteiger partial charge in [0.05, 0.1) is 29.8 Å². The fourth-order valence-corrected chi connectivity index (χ4v) is 4.22. The summed E-state index contributed by atoms with van der Waals surface area (Å²) >= 11 is 0. The van der Waals surface area contributed by atoms with Gasteiger partial charge in [-0.25, -0.2) is 0 Å². The molecule has 2 aliphatic rings. The lowest BCUT2D eigenvalue weighted by Gasteiger charge is -2.29. The molecule has 0 bridgehead atoms. The Kier molecular flexibility index (Phi) is 6.76. The summed E-state index contributed by atoms with van der Waals surface area (Å²) in [4.78, 5) is 44.3. The van der Waals surface area contributed by atoms with E-state index in [0.717, 1.165) is 19.6 Å². The number of carbonyl (C=O) groups excluding carboxylic acids is 2. The van der Waals surface area contributed by atoms with Gasteiger partial charge in [-0.2, -0.15) is 0 Å². The quantitative estimate of drug-likeness (QED) is 0.223. The molecule has 1 N–H and O–H groups in total. The Morgan fingerprint density at radius 1 is 1.15 bits per heavy atom. The summed E-state index contributed by atoms with van der Waals surface area (Å²) in [7, 11) is 0. The molecule has 1 atom stereocenters. The molecule has 172 valence electrons. The first-order chi connectivity index (χ1) is 16.0. The Morgan fingerprint density at radius 3 is 2.58 bits per heavy atom. The Hall–Kier alpha value is -3.63. The fraction of sp³-hybridized carbons (Fsp3) is 0.348. The van der Waals surface area contributed by atoms with Crippen LogP contribution in [0.1, 0.15) is 23.6 Å². The number of likely N-dealkylation sites (tertiary alicyclic amines) is 1. The minimum absolute atomic E-state index is 0.0851. The van der Waals surface area contributed by atoms with E-state index in [9.17, 15) is 24.8 Å². The van der Waals surface area contributed by atoms with E-state index in [-0.39, 0.29) is 23.6 Å². The van der Waals surface area contributed by atoms with Gasteiger partial charge in [0.1, 0.15) is 5.76 Å². The number of Topliss-reactive ketones (excluding diaryl/α,β-unsaturated/α-hetero) is 1. The van der Waals surface area contributed by atoms with Crippen molar-refractivity contribution >= 4 is 23.1 Å². The molecule has 1 aromatic carbocycles. The molecule has 0 spiro atoms. The molecule has 2 aromatic rings. The third-order valence-corrected chi connectivity index (χ3v) is 5.87. The van der Waals surface area contributed by atoms with Crippen molar-refractivity contribution in [3.8, 4) is 0 Å². The van der Waals surface area contributed by atoms with E-state index in [1.807, 2.05) is 0 Å². The van der Waals surface area contributed by atoms with Gasteiger partial charge in [-0.3, -0.25) is 29.6 Å². The van der Waals surface area contributed by atoms with Crippen LogP contribution in [0.2, 0.25) is 0 Å². The second-order valence-electron chi connectivity index (χ2n) is 7.89. The van der Waals surface area contributed by atoms with Gasteiger partial charge in [-0.1, -0.05) is 12.1 Å². The molecule has 2 aliphatic heterocycles. The highest BCUT2D eigenvalue weighted by atomic mass is 16.6. The lowest BCUT2D eigenvalue weighted by Crippen LogP contribution is -2.39. The minimum atomic E-state index is -0.928. The van der Waals surface area contributed by atoms with E-state index in [1.54, 1.807) is 6.07 Å². The molecule has 10 heteroatoms. The summed E-state index contributed by atoms with van der Waals surface area (Å²) < 4.78 is 5.35. The average Bonchev–Trinajstić information content (AvgIpc) is 3.10. The van der Waals surface area contributed by atoms with E-state index in [2.05, 4.69) is 9.88 Å². The van der Waals surface area contributed by atoms with Gasteiger partial charge in [0, 0.05) is 56.3 Å². The van der Waals surface area contributed by atoms with Gasteiger partial charge in [0.2, 0.25) is 0 Å². The van der Waals surface area contributed by atoms with Gasteiger partial charge in [-0.15, -0.1) is 0 Å². The minimum Gasteiger partial charge on any atom is -0.507 e. The van der Waals surface area contributed by atoms with Crippen molar-refractivity contribution in [3.63, 3.8) is 0 Å². The van der Waals surface area contributed by atoms with Crippen molar-refractivity contribution in [2.75, 3.05) is 39.4 Å². The lowest BCUT2D eigenvalue weighted by molar-refractivity contribution is -0.384. The third kappa shape index (κ3) is 4.76. The van der Waals surface area contributed by atoms with E-state index < -0.39 is 22.7 Å². The number of morpholine rings is 1. The number of benzene rings is 1. The topological polar surface area (TPSA) is 126 Å². The molecule has 4 rings (SSSR count). The number of pyridine rings is 1. The van der Waals surface area contributed by atoms with Crippen molar-refractivity contribution in [2.45, 2.75) is 12.5 Å². The molecule has 2 saturated heterocycles. The van der Waals surface area contributed by atoms with Crippen LogP contribution in [0, 0.1) is 10.1 Å². The summed E-state index contributed by atoms with van der Waals surface area (Å²) in [6.45, 7) is 3.90. The predicted molar refractivity (Wildman–Crippen MR) is 118 cm³/mol. The number of nitrogens with zero attached hydrogens (tertiary/aromatic N) is 4. The normalized spacial score (nSPS) is 20.8. The molecule has 1 aromatic heterocycles. The molecule has 3 heterocycles. The smallest absolute Gasteiger partial charge is 0.295 e. The largest absolute Gasteiger partial charge is 0.507 e. The monoisotopic (exact) mass is 452 g/mol. The molecule has 2 fully saturated rings. The van der Waals surface area contributed by atoms with Crippen molar-refractivity contribution in [2.24, 2.45) is 0 Å². The van der Waals surface area contributed by atoms with Crippen molar-refractivity contribution in [1.29, 1.82) is 0 Å². The summed E-state index contributed by atoms with van der Waals surface area (Å²) in [6.07, 6.45) is 3.54. The third-order valence-electron chi connectivity index (χ3n) is 5.87. The van der Waals surface area contributed by atoms with Crippen LogP contribution >= 0.6 is 0 Å². The first kappa shape index (κ1) is 22.6. The maximum atomic E-state index is 13.0. The molecule has 1 amide bonds. The number of aliphatic hydroxyl groups is 1. The number of rotatable bonds is 7. The highest BCUT2D eigenvalue weighted by molar-refractivity contribution is 6.46. The summed E-state index contributed by atoms with van der Waals surface area (Å²) in [5.41, 5.74) is 0.491. The highest BCUT2D eigenvalue weighted by Crippen LogP contribution is 2.40. The van der Waals surface area contributed by atoms with E-state index in [1.165, 1.54) is 47.6 Å². The molecular formula is C23H24N4O6. The number of aliphatic hydroxyl groups excluding tert-OH is 1. The Bertz CT molecular complexity index is 1080. The zero-order valence-electron chi connectivity index (χ0n) is 17.9. The number of carbonyl (C=O) groups is 2. The van der Waals surface area contributed by atoms with E-state index >= 15 is 0 Å². The van der Waals surface area contributed by atoms with Crippen LogP contribution in [0.5, 0.6) is 0 Å². The van der Waals surface area contributed by atoms with Crippen LogP contribution in [0.25, 0.3) is 5.76 Å². The van der Waals surface area contributed by atoms with Gasteiger partial charge < -0.3 is 14.7 Å². The van der Waals surface area contributed by atoms with Crippen LogP contribution in [0.3, 0.4) is 0 Å². The molecule has 0 saturated carbocycles. The zero-order chi connectivity index (χ0) is 23.4. The van der Waals surface area contributed by atoms with Crippen molar-refractivity contribution in [1.82, 2.24) is 14.8 Å². The summed E-state index contributed by atoms with van der Waals surface area (Å²) in [6, 6.07) is 7.95. The Labute approximate surface area is 190 Å². The van der Waals surface area contributed by atoms with E-state index in [0.29, 0.717) is 30.8 Å². The molecular weight excluding hydrogens is 428 g/mol. The first-order valence-corrected chi connectivity index (χ1v) is 10.7. The second kappa shape index (κ2) is 9.88. The number of amides is 1. The standard InChI is InChI=1S/C23H24N4O6/c28-21(16-5-7-24-8-6-16)19-20(17-3-1-4-18(15-17)27(31)32)26(23(30)22(19)29)10-2-9-25-11-13-33-14-12-25/h1,3-8,15,20,28H,2,9-14H2/b21-19+. The van der Waals surface area contributed by atoms with E-state index in [4.69, 9.17) is 4.74 Å². The van der Waals surface area contributed by atoms with Crippen LogP contribution in [-0.4, -0.2) is 75.9 Å². The number of nitro groups is 1.